The van der Waals surface area contributed by atoms with Gasteiger partial charge in [-0.05, 0) is 31.6 Å². The first-order valence-electron chi connectivity index (χ1n) is 7.28. The molecule has 19 heavy (non-hydrogen) atoms. The topological polar surface area (TPSA) is 61.0 Å². The second-order valence-electron chi connectivity index (χ2n) is 5.76. The molecule has 0 aromatic carbocycles. The quantitative estimate of drug-likeness (QED) is 0.907. The van der Waals surface area contributed by atoms with Gasteiger partial charge in [-0.1, -0.05) is 26.7 Å². The first-order chi connectivity index (χ1) is 9.09. The number of anilines is 1. The van der Waals surface area contributed by atoms with Crippen molar-refractivity contribution in [3.05, 3.63) is 17.6 Å². The van der Waals surface area contributed by atoms with Gasteiger partial charge in [0, 0.05) is 18.9 Å². The Bertz CT molecular complexity index is 435. The molecule has 4 heteroatoms. The van der Waals surface area contributed by atoms with Crippen LogP contribution in [-0.2, 0) is 16.8 Å². The average molecular weight is 263 g/mol. The van der Waals surface area contributed by atoms with Gasteiger partial charge in [0.25, 0.3) is 0 Å². The van der Waals surface area contributed by atoms with Crippen LogP contribution >= 0.6 is 0 Å². The van der Waals surface area contributed by atoms with Crippen molar-refractivity contribution in [2.45, 2.75) is 58.0 Å². The van der Waals surface area contributed by atoms with Crippen molar-refractivity contribution < 1.29 is 4.74 Å². The maximum atomic E-state index is 5.94. The van der Waals surface area contributed by atoms with Gasteiger partial charge < -0.3 is 10.5 Å². The SMILES string of the molecule is CCCc1cc(N)nc(C2(OC)CCCC(C)C2)n1. The molecule has 0 radical (unpaired) electrons. The molecule has 2 rings (SSSR count). The predicted octanol–water partition coefficient (Wildman–Crippen LogP) is 3.06. The number of methoxy groups -OCH3 is 1. The van der Waals surface area contributed by atoms with Crippen LogP contribution in [0.3, 0.4) is 0 Å². The molecule has 1 heterocycles. The van der Waals surface area contributed by atoms with E-state index < -0.39 is 0 Å². The van der Waals surface area contributed by atoms with E-state index in [1.807, 2.05) is 6.07 Å². The maximum Gasteiger partial charge on any atom is 0.162 e. The first-order valence-corrected chi connectivity index (χ1v) is 7.28. The summed E-state index contributed by atoms with van der Waals surface area (Å²) in [5.41, 5.74) is 6.63. The van der Waals surface area contributed by atoms with Crippen LogP contribution in [0.4, 0.5) is 5.82 Å². The Labute approximate surface area is 115 Å². The lowest BCUT2D eigenvalue weighted by atomic mass is 9.78. The first kappa shape index (κ1) is 14.3. The summed E-state index contributed by atoms with van der Waals surface area (Å²) in [5, 5.41) is 0. The van der Waals surface area contributed by atoms with E-state index in [-0.39, 0.29) is 5.60 Å². The molecule has 4 nitrogen and oxygen atoms in total. The highest BCUT2D eigenvalue weighted by Crippen LogP contribution is 2.41. The molecule has 2 unspecified atom stereocenters. The van der Waals surface area contributed by atoms with E-state index in [0.29, 0.717) is 11.7 Å². The zero-order valence-electron chi connectivity index (χ0n) is 12.3. The number of hydrogen-bond donors (Lipinski definition) is 1. The lowest BCUT2D eigenvalue weighted by molar-refractivity contribution is -0.0646. The molecule has 106 valence electrons. The van der Waals surface area contributed by atoms with Gasteiger partial charge in [0.05, 0.1) is 0 Å². The number of nitrogen functional groups attached to an aromatic ring is 1. The highest BCUT2D eigenvalue weighted by Gasteiger charge is 2.39. The maximum absolute atomic E-state index is 5.94. The molecule has 0 bridgehead atoms. The van der Waals surface area contributed by atoms with E-state index in [9.17, 15) is 0 Å². The Morgan fingerprint density at radius 1 is 1.47 bits per heavy atom. The van der Waals surface area contributed by atoms with Crippen LogP contribution < -0.4 is 5.73 Å². The molecule has 0 saturated heterocycles. The summed E-state index contributed by atoms with van der Waals surface area (Å²) >= 11 is 0. The van der Waals surface area contributed by atoms with E-state index in [4.69, 9.17) is 15.5 Å². The third-order valence-electron chi connectivity index (χ3n) is 4.06. The van der Waals surface area contributed by atoms with E-state index in [2.05, 4.69) is 18.8 Å². The Balaban J connectivity index is 2.36. The molecule has 2 atom stereocenters. The number of aromatic nitrogens is 2. The molecule has 0 amide bonds. The van der Waals surface area contributed by atoms with Crippen molar-refractivity contribution >= 4 is 5.82 Å². The molecule has 2 N–H and O–H groups in total. The Kier molecular flexibility index (Phi) is 4.40. The van der Waals surface area contributed by atoms with E-state index >= 15 is 0 Å². The Morgan fingerprint density at radius 3 is 2.89 bits per heavy atom. The third-order valence-corrected chi connectivity index (χ3v) is 4.06. The Morgan fingerprint density at radius 2 is 2.26 bits per heavy atom. The number of nitrogens with zero attached hydrogens (tertiary/aromatic N) is 2. The fourth-order valence-corrected chi connectivity index (χ4v) is 3.09. The minimum Gasteiger partial charge on any atom is -0.384 e. The van der Waals surface area contributed by atoms with Gasteiger partial charge in [0.1, 0.15) is 11.4 Å². The van der Waals surface area contributed by atoms with Crippen LogP contribution in [0.25, 0.3) is 0 Å². The number of aryl methyl sites for hydroxylation is 1. The monoisotopic (exact) mass is 263 g/mol. The second kappa shape index (κ2) is 5.87. The number of nitrogens with two attached hydrogens (primary N) is 1. The van der Waals surface area contributed by atoms with Crippen molar-refractivity contribution in [2.75, 3.05) is 12.8 Å². The summed E-state index contributed by atoms with van der Waals surface area (Å²) in [7, 11) is 1.77. The zero-order valence-corrected chi connectivity index (χ0v) is 12.3. The van der Waals surface area contributed by atoms with Gasteiger partial charge in [0.15, 0.2) is 5.82 Å². The van der Waals surface area contributed by atoms with Gasteiger partial charge in [0.2, 0.25) is 0 Å². The summed E-state index contributed by atoms with van der Waals surface area (Å²) in [6.45, 7) is 4.42. The Hall–Kier alpha value is -1.16. The van der Waals surface area contributed by atoms with Crippen LogP contribution in [0, 0.1) is 5.92 Å². The molecule has 1 aliphatic rings. The molecule has 1 saturated carbocycles. The van der Waals surface area contributed by atoms with E-state index in [0.717, 1.165) is 43.6 Å². The van der Waals surface area contributed by atoms with E-state index in [1.54, 1.807) is 7.11 Å². The van der Waals surface area contributed by atoms with Crippen molar-refractivity contribution in [1.29, 1.82) is 0 Å². The smallest absolute Gasteiger partial charge is 0.162 e. The molecular formula is C15H25N3O. The van der Waals surface area contributed by atoms with Gasteiger partial charge in [-0.3, -0.25) is 0 Å². The molecule has 0 spiro atoms. The van der Waals surface area contributed by atoms with Gasteiger partial charge in [-0.2, -0.15) is 0 Å². The average Bonchev–Trinajstić information content (AvgIpc) is 2.38. The summed E-state index contributed by atoms with van der Waals surface area (Å²) < 4.78 is 5.84. The van der Waals surface area contributed by atoms with Gasteiger partial charge in [-0.15, -0.1) is 0 Å². The number of ether oxygens (including phenoxy) is 1. The molecular weight excluding hydrogens is 238 g/mol. The van der Waals surface area contributed by atoms with Crippen LogP contribution in [0.1, 0.15) is 57.5 Å². The van der Waals surface area contributed by atoms with Crippen LogP contribution in [0.15, 0.2) is 6.07 Å². The zero-order chi connectivity index (χ0) is 13.9. The normalized spacial score (nSPS) is 27.4. The van der Waals surface area contributed by atoms with Gasteiger partial charge in [-0.25, -0.2) is 9.97 Å². The largest absolute Gasteiger partial charge is 0.384 e. The van der Waals surface area contributed by atoms with Crippen molar-refractivity contribution in [3.63, 3.8) is 0 Å². The van der Waals surface area contributed by atoms with Crippen LogP contribution in [0.5, 0.6) is 0 Å². The number of hydrogen-bond acceptors (Lipinski definition) is 4. The predicted molar refractivity (Wildman–Crippen MR) is 76.8 cm³/mol. The highest BCUT2D eigenvalue weighted by molar-refractivity contribution is 5.31. The fourth-order valence-electron chi connectivity index (χ4n) is 3.09. The van der Waals surface area contributed by atoms with Gasteiger partial charge >= 0.3 is 0 Å². The third kappa shape index (κ3) is 3.06. The summed E-state index contributed by atoms with van der Waals surface area (Å²) in [5.74, 6) is 1.99. The lowest BCUT2D eigenvalue weighted by Crippen LogP contribution is -2.36. The minimum atomic E-state index is -0.338. The summed E-state index contributed by atoms with van der Waals surface area (Å²) in [6.07, 6.45) is 6.40. The summed E-state index contributed by atoms with van der Waals surface area (Å²) in [4.78, 5) is 9.17. The molecule has 1 fully saturated rings. The van der Waals surface area contributed by atoms with Crippen LogP contribution in [0.2, 0.25) is 0 Å². The standard InChI is InChI=1S/C15H25N3O/c1-4-6-12-9-13(16)18-14(17-12)15(19-3)8-5-7-11(2)10-15/h9,11H,4-8,10H2,1-3H3,(H2,16,17,18). The molecule has 1 aromatic heterocycles. The van der Waals surface area contributed by atoms with Crippen molar-refractivity contribution in [2.24, 2.45) is 5.92 Å². The van der Waals surface area contributed by atoms with Crippen LogP contribution in [-0.4, -0.2) is 17.1 Å². The van der Waals surface area contributed by atoms with E-state index in [1.165, 1.54) is 6.42 Å². The molecule has 1 aliphatic carbocycles. The van der Waals surface area contributed by atoms with Crippen molar-refractivity contribution in [3.8, 4) is 0 Å². The number of rotatable bonds is 4. The second-order valence-corrected chi connectivity index (χ2v) is 5.76. The molecule has 0 aliphatic heterocycles. The lowest BCUT2D eigenvalue weighted by Gasteiger charge is -2.37. The summed E-state index contributed by atoms with van der Waals surface area (Å²) in [6, 6.07) is 1.88. The fraction of sp³-hybridized carbons (Fsp3) is 0.733. The molecule has 1 aromatic rings. The van der Waals surface area contributed by atoms with Crippen molar-refractivity contribution in [1.82, 2.24) is 9.97 Å². The highest BCUT2D eigenvalue weighted by atomic mass is 16.5. The minimum absolute atomic E-state index is 0.338.